The highest BCUT2D eigenvalue weighted by Gasteiger charge is 2.13. The lowest BCUT2D eigenvalue weighted by molar-refractivity contribution is -0.103. The molecule has 2 rings (SSSR count). The average Bonchev–Trinajstić information content (AvgIpc) is 2.50. The van der Waals surface area contributed by atoms with Crippen molar-refractivity contribution in [2.45, 2.75) is 12.8 Å². The number of aromatic amines is 1. The van der Waals surface area contributed by atoms with Gasteiger partial charge in [0.05, 0.1) is 5.69 Å². The van der Waals surface area contributed by atoms with Crippen LogP contribution < -0.4 is 0 Å². The van der Waals surface area contributed by atoms with Crippen molar-refractivity contribution in [3.8, 4) is 0 Å². The van der Waals surface area contributed by atoms with Crippen LogP contribution in [0.5, 0.6) is 0 Å². The SMILES string of the molecule is O=CC1=CCCc2n[nH]cc21. The maximum Gasteiger partial charge on any atom is 0.150 e. The topological polar surface area (TPSA) is 45.8 Å². The standard InChI is InChI=1S/C8H8N2O/c11-5-6-2-1-3-8-7(6)4-9-10-8/h2,4-5H,1,3H2,(H,9,10). The summed E-state index contributed by atoms with van der Waals surface area (Å²) < 4.78 is 0. The molecule has 0 saturated heterocycles. The van der Waals surface area contributed by atoms with Crippen molar-refractivity contribution in [3.63, 3.8) is 0 Å². The van der Waals surface area contributed by atoms with Crippen LogP contribution in [-0.2, 0) is 11.2 Å². The van der Waals surface area contributed by atoms with E-state index in [2.05, 4.69) is 10.2 Å². The van der Waals surface area contributed by atoms with E-state index in [1.165, 1.54) is 0 Å². The van der Waals surface area contributed by atoms with Crippen molar-refractivity contribution in [1.29, 1.82) is 0 Å². The Morgan fingerprint density at radius 2 is 2.55 bits per heavy atom. The summed E-state index contributed by atoms with van der Waals surface area (Å²) in [5.74, 6) is 0. The predicted octanol–water partition coefficient (Wildman–Crippen LogP) is 0.938. The fraction of sp³-hybridized carbons (Fsp3) is 0.250. The highest BCUT2D eigenvalue weighted by molar-refractivity contribution is 6.07. The first-order valence-corrected chi connectivity index (χ1v) is 3.60. The van der Waals surface area contributed by atoms with Gasteiger partial charge >= 0.3 is 0 Å². The van der Waals surface area contributed by atoms with Crippen molar-refractivity contribution in [3.05, 3.63) is 23.5 Å². The Morgan fingerprint density at radius 3 is 3.36 bits per heavy atom. The average molecular weight is 148 g/mol. The predicted molar refractivity (Wildman–Crippen MR) is 40.9 cm³/mol. The maximum absolute atomic E-state index is 10.5. The minimum Gasteiger partial charge on any atom is -0.298 e. The molecule has 0 aliphatic heterocycles. The molecule has 0 saturated carbocycles. The van der Waals surface area contributed by atoms with Gasteiger partial charge in [-0.05, 0) is 12.8 Å². The van der Waals surface area contributed by atoms with E-state index in [0.717, 1.165) is 36.0 Å². The third-order valence-electron chi connectivity index (χ3n) is 1.90. The van der Waals surface area contributed by atoms with Crippen molar-refractivity contribution >= 4 is 11.9 Å². The Labute approximate surface area is 64.1 Å². The van der Waals surface area contributed by atoms with Gasteiger partial charge in [-0.2, -0.15) is 5.10 Å². The summed E-state index contributed by atoms with van der Waals surface area (Å²) in [5, 5.41) is 6.78. The summed E-state index contributed by atoms with van der Waals surface area (Å²) in [7, 11) is 0. The molecule has 1 heterocycles. The molecule has 0 spiro atoms. The molecule has 1 N–H and O–H groups in total. The first kappa shape index (κ1) is 6.34. The normalized spacial score (nSPS) is 15.5. The van der Waals surface area contributed by atoms with E-state index in [9.17, 15) is 4.79 Å². The van der Waals surface area contributed by atoms with Crippen LogP contribution in [0.15, 0.2) is 12.3 Å². The van der Waals surface area contributed by atoms with Crippen LogP contribution in [0.2, 0.25) is 0 Å². The van der Waals surface area contributed by atoms with Crippen LogP contribution in [0.3, 0.4) is 0 Å². The van der Waals surface area contributed by atoms with Crippen LogP contribution in [0, 0.1) is 0 Å². The van der Waals surface area contributed by atoms with Crippen molar-refractivity contribution < 1.29 is 4.79 Å². The lowest BCUT2D eigenvalue weighted by Crippen LogP contribution is -1.97. The van der Waals surface area contributed by atoms with Gasteiger partial charge in [0.25, 0.3) is 0 Å². The van der Waals surface area contributed by atoms with Gasteiger partial charge in [-0.1, -0.05) is 6.08 Å². The molecule has 1 aromatic heterocycles. The molecule has 0 atom stereocenters. The second-order valence-electron chi connectivity index (χ2n) is 2.56. The summed E-state index contributed by atoms with van der Waals surface area (Å²) >= 11 is 0. The molecule has 3 heteroatoms. The summed E-state index contributed by atoms with van der Waals surface area (Å²) in [4.78, 5) is 10.5. The lowest BCUT2D eigenvalue weighted by atomic mass is 9.98. The number of fused-ring (bicyclic) bond motifs is 1. The lowest BCUT2D eigenvalue weighted by Gasteiger charge is -2.05. The molecule has 1 aromatic rings. The van der Waals surface area contributed by atoms with E-state index in [-0.39, 0.29) is 0 Å². The zero-order chi connectivity index (χ0) is 7.68. The van der Waals surface area contributed by atoms with E-state index in [4.69, 9.17) is 0 Å². The number of aldehydes is 1. The van der Waals surface area contributed by atoms with E-state index < -0.39 is 0 Å². The number of hydrogen-bond acceptors (Lipinski definition) is 2. The molecule has 0 amide bonds. The largest absolute Gasteiger partial charge is 0.298 e. The van der Waals surface area contributed by atoms with E-state index >= 15 is 0 Å². The minimum absolute atomic E-state index is 0.764. The van der Waals surface area contributed by atoms with Gasteiger partial charge in [-0.3, -0.25) is 9.89 Å². The Bertz CT molecular complexity index is 312. The number of aromatic nitrogens is 2. The highest BCUT2D eigenvalue weighted by Crippen LogP contribution is 2.22. The fourth-order valence-electron chi connectivity index (χ4n) is 1.34. The van der Waals surface area contributed by atoms with Crippen LogP contribution in [-0.4, -0.2) is 16.5 Å². The fourth-order valence-corrected chi connectivity index (χ4v) is 1.34. The van der Waals surface area contributed by atoms with Crippen LogP contribution in [0.1, 0.15) is 17.7 Å². The molecule has 0 fully saturated rings. The minimum atomic E-state index is 0.764. The van der Waals surface area contributed by atoms with E-state index in [0.29, 0.717) is 0 Å². The molecule has 0 bridgehead atoms. The molecule has 0 unspecified atom stereocenters. The number of hydrogen-bond donors (Lipinski definition) is 1. The number of rotatable bonds is 1. The summed E-state index contributed by atoms with van der Waals surface area (Å²) in [5.41, 5.74) is 2.74. The zero-order valence-corrected chi connectivity index (χ0v) is 6.00. The Kier molecular flexibility index (Phi) is 1.35. The van der Waals surface area contributed by atoms with Gasteiger partial charge in [-0.25, -0.2) is 0 Å². The number of carbonyl (C=O) groups is 1. The number of allylic oxidation sites excluding steroid dienone is 2. The van der Waals surface area contributed by atoms with Gasteiger partial charge in [0.15, 0.2) is 0 Å². The molecule has 0 radical (unpaired) electrons. The molecular formula is C8H8N2O. The summed E-state index contributed by atoms with van der Waals surface area (Å²) in [6.45, 7) is 0. The maximum atomic E-state index is 10.5. The summed E-state index contributed by atoms with van der Waals surface area (Å²) in [6.07, 6.45) is 6.47. The van der Waals surface area contributed by atoms with E-state index in [1.54, 1.807) is 6.20 Å². The van der Waals surface area contributed by atoms with Crippen molar-refractivity contribution in [2.24, 2.45) is 0 Å². The van der Waals surface area contributed by atoms with Gasteiger partial charge < -0.3 is 0 Å². The zero-order valence-electron chi connectivity index (χ0n) is 6.00. The second-order valence-corrected chi connectivity index (χ2v) is 2.56. The first-order chi connectivity index (χ1) is 5.42. The summed E-state index contributed by atoms with van der Waals surface area (Å²) in [6, 6.07) is 0. The third kappa shape index (κ3) is 0.888. The molecule has 56 valence electrons. The second kappa shape index (κ2) is 2.34. The quantitative estimate of drug-likeness (QED) is 0.602. The Balaban J connectivity index is 2.52. The monoisotopic (exact) mass is 148 g/mol. The Morgan fingerprint density at radius 1 is 1.64 bits per heavy atom. The number of nitrogens with zero attached hydrogens (tertiary/aromatic N) is 1. The number of nitrogens with one attached hydrogen (secondary N) is 1. The van der Waals surface area contributed by atoms with Crippen molar-refractivity contribution in [2.75, 3.05) is 0 Å². The molecule has 1 aliphatic rings. The Hall–Kier alpha value is -1.38. The van der Waals surface area contributed by atoms with Gasteiger partial charge in [0.1, 0.15) is 6.29 Å². The number of H-pyrrole nitrogens is 1. The molecule has 0 aromatic carbocycles. The molecule has 11 heavy (non-hydrogen) atoms. The molecule has 1 aliphatic carbocycles. The van der Waals surface area contributed by atoms with Crippen molar-refractivity contribution in [1.82, 2.24) is 10.2 Å². The van der Waals surface area contributed by atoms with E-state index in [1.807, 2.05) is 6.08 Å². The number of aryl methyl sites for hydroxylation is 1. The van der Waals surface area contributed by atoms with Gasteiger partial charge in [0, 0.05) is 17.3 Å². The van der Waals surface area contributed by atoms with Gasteiger partial charge in [0.2, 0.25) is 0 Å². The van der Waals surface area contributed by atoms with Crippen LogP contribution >= 0.6 is 0 Å². The molecule has 3 nitrogen and oxygen atoms in total. The van der Waals surface area contributed by atoms with Gasteiger partial charge in [-0.15, -0.1) is 0 Å². The van der Waals surface area contributed by atoms with Crippen LogP contribution in [0.4, 0.5) is 0 Å². The molecular weight excluding hydrogens is 140 g/mol. The number of carbonyl (C=O) groups excluding carboxylic acids is 1. The van der Waals surface area contributed by atoms with Crippen LogP contribution in [0.25, 0.3) is 5.57 Å². The highest BCUT2D eigenvalue weighted by atomic mass is 16.1. The smallest absolute Gasteiger partial charge is 0.150 e. The first-order valence-electron chi connectivity index (χ1n) is 3.60. The third-order valence-corrected chi connectivity index (χ3v) is 1.90.